The molecule has 0 amide bonds. The molecule has 0 radical (unpaired) electrons. The number of aromatic nitrogens is 1. The minimum Gasteiger partial charge on any atom is -0.308 e. The first-order chi connectivity index (χ1) is 11.3. The van der Waals surface area contributed by atoms with Crippen LogP contribution in [-0.4, -0.2) is 4.57 Å². The third kappa shape index (κ3) is 1.81. The second-order valence-corrected chi connectivity index (χ2v) is 5.29. The Balaban J connectivity index is 2.23. The number of hydrogen-bond donors (Lipinski definition) is 0. The van der Waals surface area contributed by atoms with Crippen molar-refractivity contribution < 1.29 is 0 Å². The van der Waals surface area contributed by atoms with Crippen LogP contribution < -0.4 is 0 Å². The largest absolute Gasteiger partial charge is 0.308 e. The van der Waals surface area contributed by atoms with Gasteiger partial charge in [-0.1, -0.05) is 42.5 Å². The molecule has 0 N–H and O–H groups in total. The first-order valence-electron chi connectivity index (χ1n) is 7.27. The minimum absolute atomic E-state index is 0.395. The van der Waals surface area contributed by atoms with Gasteiger partial charge in [-0.05, 0) is 24.3 Å². The molecule has 1 heterocycles. The Morgan fingerprint density at radius 1 is 0.652 bits per heavy atom. The average molecular weight is 293 g/mol. The van der Waals surface area contributed by atoms with E-state index in [2.05, 4.69) is 28.8 Å². The van der Waals surface area contributed by atoms with Crippen LogP contribution >= 0.6 is 0 Å². The van der Waals surface area contributed by atoms with Gasteiger partial charge >= 0.3 is 0 Å². The van der Waals surface area contributed by atoms with Crippen molar-refractivity contribution in [2.45, 2.75) is 0 Å². The second kappa shape index (κ2) is 5.02. The van der Waals surface area contributed by atoms with Gasteiger partial charge in [-0.3, -0.25) is 0 Å². The van der Waals surface area contributed by atoms with Gasteiger partial charge in [-0.2, -0.15) is 10.5 Å². The Bertz CT molecular complexity index is 1080. The van der Waals surface area contributed by atoms with E-state index in [1.165, 1.54) is 0 Å². The zero-order valence-electron chi connectivity index (χ0n) is 12.2. The monoisotopic (exact) mass is 293 g/mol. The van der Waals surface area contributed by atoms with Crippen molar-refractivity contribution >= 4 is 21.8 Å². The number of para-hydroxylation sites is 2. The van der Waals surface area contributed by atoms with Crippen LogP contribution in [-0.2, 0) is 0 Å². The van der Waals surface area contributed by atoms with E-state index in [1.807, 2.05) is 48.5 Å². The van der Waals surface area contributed by atoms with Crippen LogP contribution in [0.15, 0.2) is 66.7 Å². The van der Waals surface area contributed by atoms with Crippen molar-refractivity contribution in [3.63, 3.8) is 0 Å². The Hall–Kier alpha value is -3.56. The summed E-state index contributed by atoms with van der Waals surface area (Å²) in [5.74, 6) is 0. The van der Waals surface area contributed by atoms with Gasteiger partial charge < -0.3 is 4.57 Å². The van der Waals surface area contributed by atoms with Gasteiger partial charge in [0, 0.05) is 10.8 Å². The quantitative estimate of drug-likeness (QED) is 0.518. The second-order valence-electron chi connectivity index (χ2n) is 5.29. The fourth-order valence-electron chi connectivity index (χ4n) is 3.12. The molecule has 0 unspecified atom stereocenters. The van der Waals surface area contributed by atoms with Crippen LogP contribution in [0.25, 0.3) is 27.5 Å². The summed E-state index contributed by atoms with van der Waals surface area (Å²) in [7, 11) is 0. The lowest BCUT2D eigenvalue weighted by Crippen LogP contribution is -1.99. The van der Waals surface area contributed by atoms with Gasteiger partial charge in [0.2, 0.25) is 0 Å². The number of rotatable bonds is 1. The fraction of sp³-hybridized carbons (Fsp3) is 0. The highest BCUT2D eigenvalue weighted by molar-refractivity contribution is 6.09. The van der Waals surface area contributed by atoms with Crippen molar-refractivity contribution in [3.8, 4) is 17.8 Å². The van der Waals surface area contributed by atoms with Gasteiger partial charge in [-0.25, -0.2) is 0 Å². The first-order valence-corrected chi connectivity index (χ1v) is 7.27. The fourth-order valence-corrected chi connectivity index (χ4v) is 3.12. The van der Waals surface area contributed by atoms with Crippen molar-refractivity contribution in [2.75, 3.05) is 0 Å². The van der Waals surface area contributed by atoms with E-state index < -0.39 is 0 Å². The predicted molar refractivity (Wildman–Crippen MR) is 90.2 cm³/mol. The summed E-state index contributed by atoms with van der Waals surface area (Å²) < 4.78 is 2.06. The van der Waals surface area contributed by atoms with E-state index in [1.54, 1.807) is 6.07 Å². The lowest BCUT2D eigenvalue weighted by atomic mass is 10.1. The number of nitriles is 2. The van der Waals surface area contributed by atoms with Crippen molar-refractivity contribution in [1.82, 2.24) is 4.57 Å². The van der Waals surface area contributed by atoms with Gasteiger partial charge in [0.15, 0.2) is 0 Å². The molecular formula is C20H11N3. The van der Waals surface area contributed by atoms with Gasteiger partial charge in [0.25, 0.3) is 0 Å². The molecule has 0 aliphatic rings. The van der Waals surface area contributed by atoms with E-state index in [9.17, 15) is 10.5 Å². The predicted octanol–water partition coefficient (Wildman–Crippen LogP) is 4.53. The van der Waals surface area contributed by atoms with Crippen molar-refractivity contribution in [1.29, 1.82) is 10.5 Å². The van der Waals surface area contributed by atoms with Crippen LogP contribution in [0.2, 0.25) is 0 Å². The molecule has 23 heavy (non-hydrogen) atoms. The van der Waals surface area contributed by atoms with Crippen LogP contribution in [0.5, 0.6) is 0 Å². The summed E-state index contributed by atoms with van der Waals surface area (Å²) in [5.41, 5.74) is 3.60. The molecule has 0 saturated heterocycles. The Morgan fingerprint density at radius 2 is 1.26 bits per heavy atom. The number of benzene rings is 3. The third-order valence-electron chi connectivity index (χ3n) is 4.10. The highest BCUT2D eigenvalue weighted by atomic mass is 15.0. The summed E-state index contributed by atoms with van der Waals surface area (Å²) in [4.78, 5) is 0. The molecule has 0 spiro atoms. The molecule has 0 saturated carbocycles. The van der Waals surface area contributed by atoms with Crippen LogP contribution in [0.1, 0.15) is 11.1 Å². The molecule has 0 aliphatic heterocycles. The molecule has 3 heteroatoms. The lowest BCUT2D eigenvalue weighted by molar-refractivity contribution is 1.16. The normalized spacial score (nSPS) is 10.5. The molecule has 0 aliphatic carbocycles. The molecule has 0 atom stereocenters. The first kappa shape index (κ1) is 13.1. The molecule has 106 valence electrons. The van der Waals surface area contributed by atoms with E-state index >= 15 is 0 Å². The molecule has 0 fully saturated rings. The molecule has 4 aromatic rings. The van der Waals surface area contributed by atoms with Gasteiger partial charge in [0.1, 0.15) is 12.1 Å². The average Bonchev–Trinajstić information content (AvgIpc) is 2.95. The van der Waals surface area contributed by atoms with E-state index in [0.717, 1.165) is 27.5 Å². The lowest BCUT2D eigenvalue weighted by Gasteiger charge is -2.10. The van der Waals surface area contributed by atoms with E-state index in [4.69, 9.17) is 0 Å². The Morgan fingerprint density at radius 3 is 1.83 bits per heavy atom. The number of nitrogens with zero attached hydrogens (tertiary/aromatic N) is 3. The third-order valence-corrected chi connectivity index (χ3v) is 4.10. The Kier molecular flexibility index (Phi) is 2.86. The van der Waals surface area contributed by atoms with E-state index in [0.29, 0.717) is 11.1 Å². The SMILES string of the molecule is N#Cc1cccc(-n2c3ccccc3c3ccccc32)c1C#N. The summed E-state index contributed by atoms with van der Waals surface area (Å²) in [5, 5.41) is 21.1. The van der Waals surface area contributed by atoms with Crippen LogP contribution in [0.4, 0.5) is 0 Å². The Labute approximate surface area is 133 Å². The van der Waals surface area contributed by atoms with Crippen molar-refractivity contribution in [3.05, 3.63) is 77.9 Å². The zero-order chi connectivity index (χ0) is 15.8. The highest BCUT2D eigenvalue weighted by Gasteiger charge is 2.15. The minimum atomic E-state index is 0.395. The van der Waals surface area contributed by atoms with Gasteiger partial charge in [-0.15, -0.1) is 0 Å². The summed E-state index contributed by atoms with van der Waals surface area (Å²) in [6, 6.07) is 25.9. The smallest absolute Gasteiger partial charge is 0.103 e. The molecule has 4 rings (SSSR count). The van der Waals surface area contributed by atoms with Crippen LogP contribution in [0, 0.1) is 22.7 Å². The molecular weight excluding hydrogens is 282 g/mol. The molecule has 3 aromatic carbocycles. The van der Waals surface area contributed by atoms with Crippen LogP contribution in [0.3, 0.4) is 0 Å². The molecule has 0 bridgehead atoms. The zero-order valence-corrected chi connectivity index (χ0v) is 12.2. The van der Waals surface area contributed by atoms with Crippen molar-refractivity contribution in [2.24, 2.45) is 0 Å². The maximum absolute atomic E-state index is 9.56. The number of fused-ring (bicyclic) bond motifs is 3. The maximum Gasteiger partial charge on any atom is 0.103 e. The van der Waals surface area contributed by atoms with Gasteiger partial charge in [0.05, 0.1) is 27.8 Å². The van der Waals surface area contributed by atoms with E-state index in [-0.39, 0.29) is 0 Å². The number of hydrogen-bond acceptors (Lipinski definition) is 2. The summed E-state index contributed by atoms with van der Waals surface area (Å²) in [6.07, 6.45) is 0. The molecule has 1 aromatic heterocycles. The summed E-state index contributed by atoms with van der Waals surface area (Å²) >= 11 is 0. The topological polar surface area (TPSA) is 52.5 Å². The highest BCUT2D eigenvalue weighted by Crippen LogP contribution is 2.33. The standard InChI is InChI=1S/C20H11N3/c21-12-14-6-5-11-20(17(14)13-22)23-18-9-3-1-7-15(18)16-8-2-4-10-19(16)23/h1-11H. The maximum atomic E-state index is 9.56. The summed E-state index contributed by atoms with van der Waals surface area (Å²) in [6.45, 7) is 0. The molecule has 3 nitrogen and oxygen atoms in total.